The van der Waals surface area contributed by atoms with Gasteiger partial charge in [-0.05, 0) is 32.4 Å². The average molecular weight is 404 g/mol. The first kappa shape index (κ1) is 19.5. The fourth-order valence-corrected chi connectivity index (χ4v) is 2.87. The normalized spacial score (nSPS) is 25.7. The van der Waals surface area contributed by atoms with E-state index in [-0.39, 0.29) is 22.3 Å². The topological polar surface area (TPSA) is 135 Å². The van der Waals surface area contributed by atoms with Crippen molar-refractivity contribution < 1.29 is 28.5 Å². The number of carbonyl (C=O) groups excluding carboxylic acids is 1. The van der Waals surface area contributed by atoms with Crippen LogP contribution in [0.15, 0.2) is 6.33 Å². The lowest BCUT2D eigenvalue weighted by Crippen LogP contribution is -2.33. The Bertz CT molecular complexity index is 872. The van der Waals surface area contributed by atoms with Gasteiger partial charge in [0, 0.05) is 0 Å². The maximum absolute atomic E-state index is 15.6. The molecule has 10 nitrogen and oxygen atoms in total. The highest BCUT2D eigenvalue weighted by atomic mass is 35.5. The Balaban J connectivity index is 1.88. The lowest BCUT2D eigenvalue weighted by Gasteiger charge is -2.21. The zero-order chi connectivity index (χ0) is 20.0. The maximum atomic E-state index is 15.6. The minimum Gasteiger partial charge on any atom is -0.429 e. The molecule has 3 rings (SSSR count). The van der Waals surface area contributed by atoms with E-state index in [0.29, 0.717) is 0 Å². The molecule has 0 amide bonds. The first-order chi connectivity index (χ1) is 12.5. The van der Waals surface area contributed by atoms with E-state index in [1.165, 1.54) is 0 Å². The van der Waals surface area contributed by atoms with E-state index in [9.17, 15) is 9.90 Å². The quantitative estimate of drug-likeness (QED) is 0.580. The first-order valence-electron chi connectivity index (χ1n) is 8.06. The molecule has 0 aliphatic carbocycles. The van der Waals surface area contributed by atoms with Crippen molar-refractivity contribution in [2.75, 3.05) is 12.3 Å². The van der Waals surface area contributed by atoms with E-state index in [1.54, 1.807) is 20.8 Å². The first-order valence-corrected chi connectivity index (χ1v) is 8.44. The molecule has 0 saturated carbocycles. The number of halogens is 2. The largest absolute Gasteiger partial charge is 0.509 e. The molecule has 0 spiro atoms. The Kier molecular flexibility index (Phi) is 4.87. The van der Waals surface area contributed by atoms with Crippen LogP contribution in [0.25, 0.3) is 11.2 Å². The fraction of sp³-hybridized carbons (Fsp3) is 0.600. The summed E-state index contributed by atoms with van der Waals surface area (Å²) in [6.07, 6.45) is -2.51. The van der Waals surface area contributed by atoms with Gasteiger partial charge in [0.15, 0.2) is 11.5 Å². The van der Waals surface area contributed by atoms with Crippen LogP contribution in [0.5, 0.6) is 0 Å². The van der Waals surface area contributed by atoms with E-state index in [2.05, 4.69) is 15.0 Å². The molecule has 1 aliphatic heterocycles. The number of nitrogen functional groups attached to an aromatic ring is 1. The molecule has 1 fully saturated rings. The van der Waals surface area contributed by atoms with Gasteiger partial charge in [0.05, 0.1) is 13.0 Å². The molecule has 0 aromatic carbocycles. The van der Waals surface area contributed by atoms with E-state index in [4.69, 9.17) is 31.5 Å². The molecule has 0 bridgehead atoms. The second-order valence-corrected chi connectivity index (χ2v) is 7.36. The number of hydrogen-bond acceptors (Lipinski definition) is 9. The molecular formula is C15H19ClFN5O5. The van der Waals surface area contributed by atoms with Gasteiger partial charge in [-0.1, -0.05) is 0 Å². The van der Waals surface area contributed by atoms with E-state index in [0.717, 1.165) is 10.9 Å². The fourth-order valence-electron chi connectivity index (χ4n) is 2.70. The number of ether oxygens (including phenoxy) is 3. The second-order valence-electron chi connectivity index (χ2n) is 7.02. The Hall–Kier alpha value is -2.24. The van der Waals surface area contributed by atoms with E-state index < -0.39 is 43.0 Å². The predicted octanol–water partition coefficient (Wildman–Crippen LogP) is 1.74. The van der Waals surface area contributed by atoms with Gasteiger partial charge < -0.3 is 25.1 Å². The van der Waals surface area contributed by atoms with Crippen molar-refractivity contribution in [3.63, 3.8) is 0 Å². The van der Waals surface area contributed by atoms with Crippen molar-refractivity contribution in [3.8, 4) is 0 Å². The molecule has 1 saturated heterocycles. The maximum Gasteiger partial charge on any atom is 0.509 e. The molecule has 1 aliphatic rings. The molecular weight excluding hydrogens is 385 g/mol. The molecule has 12 heteroatoms. The summed E-state index contributed by atoms with van der Waals surface area (Å²) in [5.74, 6) is -2.52. The Labute approximate surface area is 158 Å². The van der Waals surface area contributed by atoms with Crippen LogP contribution in [0.4, 0.5) is 15.0 Å². The predicted molar refractivity (Wildman–Crippen MR) is 91.5 cm³/mol. The van der Waals surface area contributed by atoms with Crippen molar-refractivity contribution in [2.45, 2.75) is 51.0 Å². The molecule has 148 valence electrons. The minimum atomic E-state index is -2.50. The number of hydrogen-bond donors (Lipinski definition) is 2. The van der Waals surface area contributed by atoms with Gasteiger partial charge in [-0.25, -0.2) is 9.78 Å². The summed E-state index contributed by atoms with van der Waals surface area (Å²) < 4.78 is 32.0. The van der Waals surface area contributed by atoms with Gasteiger partial charge in [-0.15, -0.1) is 0 Å². The van der Waals surface area contributed by atoms with Crippen molar-refractivity contribution in [2.24, 2.45) is 0 Å². The molecule has 2 aromatic rings. The van der Waals surface area contributed by atoms with E-state index in [1.807, 2.05) is 0 Å². The van der Waals surface area contributed by atoms with Gasteiger partial charge in [-0.3, -0.25) is 4.57 Å². The monoisotopic (exact) mass is 403 g/mol. The molecule has 0 unspecified atom stereocenters. The van der Waals surface area contributed by atoms with Gasteiger partial charge in [0.2, 0.25) is 5.28 Å². The minimum absolute atomic E-state index is 0.00427. The Morgan fingerprint density at radius 1 is 1.56 bits per heavy atom. The zero-order valence-electron chi connectivity index (χ0n) is 14.8. The van der Waals surface area contributed by atoms with E-state index >= 15 is 4.39 Å². The number of aliphatic hydroxyl groups is 1. The number of fused-ring (bicyclic) bond motifs is 1. The third-order valence-electron chi connectivity index (χ3n) is 3.77. The zero-order valence-corrected chi connectivity index (χ0v) is 15.6. The number of alkyl halides is 1. The van der Waals surface area contributed by atoms with Crippen molar-refractivity contribution >= 4 is 34.7 Å². The van der Waals surface area contributed by atoms with Gasteiger partial charge >= 0.3 is 6.16 Å². The summed E-state index contributed by atoms with van der Waals surface area (Å²) in [5.41, 5.74) is 5.07. The van der Waals surface area contributed by atoms with Crippen LogP contribution < -0.4 is 5.73 Å². The summed E-state index contributed by atoms with van der Waals surface area (Å²) in [6, 6.07) is 0. The number of rotatable bonds is 3. The van der Waals surface area contributed by atoms with Crippen molar-refractivity contribution in [3.05, 3.63) is 11.6 Å². The molecule has 3 N–H and O–H groups in total. The van der Waals surface area contributed by atoms with Crippen LogP contribution >= 0.6 is 11.6 Å². The number of nitrogens with two attached hydrogens (primary N) is 1. The highest BCUT2D eigenvalue weighted by Crippen LogP contribution is 2.40. The van der Waals surface area contributed by atoms with Crippen LogP contribution in [0.3, 0.4) is 0 Å². The number of aliphatic hydroxyl groups excluding tert-OH is 1. The number of aromatic nitrogens is 4. The molecule has 27 heavy (non-hydrogen) atoms. The van der Waals surface area contributed by atoms with Crippen LogP contribution in [-0.2, 0) is 20.2 Å². The SMILES string of the molecule is CC(C)(C)OC(=O)O[C@H]1C[C@](F)(n2cnc3c(N)nc(Cl)nc32)O[C@@H]1CO. The highest BCUT2D eigenvalue weighted by Gasteiger charge is 2.51. The summed E-state index contributed by atoms with van der Waals surface area (Å²) >= 11 is 5.79. The summed E-state index contributed by atoms with van der Waals surface area (Å²) in [7, 11) is 0. The van der Waals surface area contributed by atoms with Crippen molar-refractivity contribution in [1.29, 1.82) is 0 Å². The van der Waals surface area contributed by atoms with Crippen LogP contribution in [0.1, 0.15) is 27.2 Å². The highest BCUT2D eigenvalue weighted by molar-refractivity contribution is 6.28. The van der Waals surface area contributed by atoms with Crippen LogP contribution in [-0.4, -0.2) is 55.2 Å². The lowest BCUT2D eigenvalue weighted by molar-refractivity contribution is -0.200. The Morgan fingerprint density at radius 3 is 2.89 bits per heavy atom. The summed E-state index contributed by atoms with van der Waals surface area (Å²) in [4.78, 5) is 23.6. The van der Waals surface area contributed by atoms with Crippen LogP contribution in [0.2, 0.25) is 5.28 Å². The summed E-state index contributed by atoms with van der Waals surface area (Å²) in [6.45, 7) is 4.40. The van der Waals surface area contributed by atoms with Gasteiger partial charge in [0.1, 0.15) is 29.7 Å². The number of anilines is 1. The number of imidazole rings is 1. The Morgan fingerprint density at radius 2 is 2.26 bits per heavy atom. The average Bonchev–Trinajstić information content (AvgIpc) is 3.07. The lowest BCUT2D eigenvalue weighted by atomic mass is 10.2. The number of carbonyl (C=O) groups is 1. The van der Waals surface area contributed by atoms with Crippen molar-refractivity contribution in [1.82, 2.24) is 19.5 Å². The molecule has 2 aromatic heterocycles. The van der Waals surface area contributed by atoms with Crippen LogP contribution in [0, 0.1) is 0 Å². The third-order valence-corrected chi connectivity index (χ3v) is 3.94. The second kappa shape index (κ2) is 6.73. The smallest absolute Gasteiger partial charge is 0.429 e. The number of nitrogens with zero attached hydrogens (tertiary/aromatic N) is 4. The third kappa shape index (κ3) is 3.89. The molecule has 3 heterocycles. The van der Waals surface area contributed by atoms with Gasteiger partial charge in [0.25, 0.3) is 5.98 Å². The molecule has 0 radical (unpaired) electrons. The van der Waals surface area contributed by atoms with Gasteiger partial charge in [-0.2, -0.15) is 14.4 Å². The standard InChI is InChI=1S/C15H19ClFN5O5/c1-14(2,3)27-13(24)25-7-4-15(17,26-8(7)5-23)22-6-19-9-10(18)20-12(16)21-11(9)22/h6-8,23H,4-5H2,1-3H3,(H2,18,20,21)/t7-,8+,15-/m0/s1. The molecule has 3 atom stereocenters. The summed E-state index contributed by atoms with van der Waals surface area (Å²) in [5, 5.41) is 9.31.